The number of methoxy groups -OCH3 is 1. The summed E-state index contributed by atoms with van der Waals surface area (Å²) < 4.78 is 22.8. The molecule has 2 aliphatic rings. The van der Waals surface area contributed by atoms with E-state index in [1.807, 2.05) is 13.0 Å². The van der Waals surface area contributed by atoms with Crippen molar-refractivity contribution in [2.75, 3.05) is 26.9 Å². The number of nitrogens with zero attached hydrogens (tertiary/aromatic N) is 2. The standard InChI is InChI=1S/C20H24N4O4/c1-5-26-14-9-8-13(10-15(14)25-4)16-18(11-21)17(23)24-20(27-6-2,28-7-3)19(16,18)12-22/h8-10,16H,5-7H2,1-4H3,(H2,23,24)/p+1/t16-,18-,19-/m1/s1. The van der Waals surface area contributed by atoms with Crippen LogP contribution in [0.15, 0.2) is 18.2 Å². The summed E-state index contributed by atoms with van der Waals surface area (Å²) in [5, 5.41) is 20.3. The number of nitrogens with one attached hydrogen (secondary N) is 1. The zero-order valence-electron chi connectivity index (χ0n) is 16.5. The van der Waals surface area contributed by atoms with Crippen molar-refractivity contribution in [3.05, 3.63) is 23.8 Å². The van der Waals surface area contributed by atoms with Crippen LogP contribution in [0.1, 0.15) is 32.3 Å². The quantitative estimate of drug-likeness (QED) is 0.620. The Morgan fingerprint density at radius 2 is 1.75 bits per heavy atom. The number of fused-ring (bicyclic) bond motifs is 1. The second-order valence-electron chi connectivity index (χ2n) is 6.64. The largest absolute Gasteiger partial charge is 0.493 e. The van der Waals surface area contributed by atoms with Crippen molar-refractivity contribution < 1.29 is 23.9 Å². The highest BCUT2D eigenvalue weighted by molar-refractivity contribution is 5.95. The molecule has 0 amide bonds. The third-order valence-corrected chi connectivity index (χ3v) is 5.52. The topological polar surface area (TPSA) is 124 Å². The number of nitriles is 2. The molecule has 1 aromatic rings. The van der Waals surface area contributed by atoms with Crippen LogP contribution in [-0.2, 0) is 9.47 Å². The van der Waals surface area contributed by atoms with E-state index in [0.717, 1.165) is 5.56 Å². The molecule has 1 fully saturated rings. The van der Waals surface area contributed by atoms with Crippen molar-refractivity contribution in [2.45, 2.75) is 32.6 Å². The van der Waals surface area contributed by atoms with Crippen molar-refractivity contribution in [1.29, 1.82) is 10.5 Å². The second kappa shape index (κ2) is 6.97. The molecule has 1 aliphatic heterocycles. The lowest BCUT2D eigenvalue weighted by Gasteiger charge is -2.29. The SMILES string of the molecule is CCOc1ccc([C@@H]2[C@]3(C#N)C(N)=[NH+]C(OCC)(OCC)[C@]23C#N)cc1OC. The Kier molecular flexibility index (Phi) is 4.97. The van der Waals surface area contributed by atoms with Crippen LogP contribution >= 0.6 is 0 Å². The number of hydrogen-bond donors (Lipinski definition) is 2. The van der Waals surface area contributed by atoms with E-state index in [-0.39, 0.29) is 19.0 Å². The van der Waals surface area contributed by atoms with Gasteiger partial charge in [0.1, 0.15) is 0 Å². The molecule has 0 unspecified atom stereocenters. The molecule has 1 heterocycles. The number of amidine groups is 1. The maximum atomic E-state index is 10.2. The minimum Gasteiger partial charge on any atom is -0.493 e. The van der Waals surface area contributed by atoms with Gasteiger partial charge in [0.05, 0.1) is 39.1 Å². The Bertz CT molecular complexity index is 881. The maximum absolute atomic E-state index is 10.2. The molecule has 28 heavy (non-hydrogen) atoms. The first-order chi connectivity index (χ1) is 13.5. The van der Waals surface area contributed by atoms with Gasteiger partial charge >= 0.3 is 5.91 Å². The van der Waals surface area contributed by atoms with Crippen LogP contribution in [0.3, 0.4) is 0 Å². The zero-order chi connectivity index (χ0) is 20.6. The lowest BCUT2D eigenvalue weighted by atomic mass is 9.93. The van der Waals surface area contributed by atoms with Gasteiger partial charge in [0.15, 0.2) is 22.3 Å². The van der Waals surface area contributed by atoms with E-state index in [2.05, 4.69) is 17.1 Å². The Morgan fingerprint density at radius 1 is 1.07 bits per heavy atom. The monoisotopic (exact) mass is 385 g/mol. The van der Waals surface area contributed by atoms with Gasteiger partial charge in [-0.25, -0.2) is 4.99 Å². The average Bonchev–Trinajstić information content (AvgIpc) is 3.27. The van der Waals surface area contributed by atoms with Gasteiger partial charge in [-0.15, -0.1) is 0 Å². The summed E-state index contributed by atoms with van der Waals surface area (Å²) in [5.74, 6) is -0.750. The molecule has 148 valence electrons. The summed E-state index contributed by atoms with van der Waals surface area (Å²) in [7, 11) is 1.54. The van der Waals surface area contributed by atoms with E-state index in [1.54, 1.807) is 33.1 Å². The third kappa shape index (κ3) is 2.19. The molecule has 3 N–H and O–H groups in total. The molecule has 8 heteroatoms. The van der Waals surface area contributed by atoms with Crippen LogP contribution in [0.25, 0.3) is 0 Å². The van der Waals surface area contributed by atoms with Crippen LogP contribution in [0.4, 0.5) is 0 Å². The predicted octanol–water partition coefficient (Wildman–Crippen LogP) is 0.389. The summed E-state index contributed by atoms with van der Waals surface area (Å²) in [4.78, 5) is 2.96. The van der Waals surface area contributed by atoms with Gasteiger partial charge in [0.2, 0.25) is 0 Å². The van der Waals surface area contributed by atoms with E-state index in [9.17, 15) is 10.5 Å². The van der Waals surface area contributed by atoms with Gasteiger partial charge in [-0.3, -0.25) is 5.73 Å². The molecule has 1 aromatic carbocycles. The van der Waals surface area contributed by atoms with Crippen molar-refractivity contribution >= 4 is 5.84 Å². The molecule has 1 aliphatic carbocycles. The summed E-state index contributed by atoms with van der Waals surface area (Å²) in [6, 6.07) is 9.97. The highest BCUT2D eigenvalue weighted by Crippen LogP contribution is 2.78. The van der Waals surface area contributed by atoms with Crippen molar-refractivity contribution in [2.24, 2.45) is 16.6 Å². The Labute approximate surface area is 164 Å². The van der Waals surface area contributed by atoms with E-state index in [1.165, 1.54) is 0 Å². The fourth-order valence-corrected chi connectivity index (χ4v) is 4.49. The van der Waals surface area contributed by atoms with Gasteiger partial charge in [-0.1, -0.05) is 6.07 Å². The highest BCUT2D eigenvalue weighted by Gasteiger charge is 2.97. The predicted molar refractivity (Wildman–Crippen MR) is 99.1 cm³/mol. The molecular formula is C20H25N4O4+. The van der Waals surface area contributed by atoms with Crippen molar-refractivity contribution in [3.63, 3.8) is 0 Å². The maximum Gasteiger partial charge on any atom is 0.343 e. The van der Waals surface area contributed by atoms with Crippen molar-refractivity contribution in [1.82, 2.24) is 0 Å². The first-order valence-electron chi connectivity index (χ1n) is 9.30. The van der Waals surface area contributed by atoms with Gasteiger partial charge < -0.3 is 18.9 Å². The summed E-state index contributed by atoms with van der Waals surface area (Å²) in [6.45, 7) is 6.54. The highest BCUT2D eigenvalue weighted by atomic mass is 16.7. The molecule has 0 aromatic heterocycles. The molecule has 0 saturated heterocycles. The Balaban J connectivity index is 2.17. The molecular weight excluding hydrogens is 360 g/mol. The third-order valence-electron chi connectivity index (χ3n) is 5.52. The van der Waals surface area contributed by atoms with Crippen molar-refractivity contribution in [3.8, 4) is 23.6 Å². The van der Waals surface area contributed by atoms with Crippen LogP contribution in [0, 0.1) is 33.5 Å². The zero-order valence-corrected chi connectivity index (χ0v) is 16.5. The van der Waals surface area contributed by atoms with E-state index in [0.29, 0.717) is 18.1 Å². The molecule has 0 spiro atoms. The summed E-state index contributed by atoms with van der Waals surface area (Å²) in [5.41, 5.74) is 4.38. The van der Waals surface area contributed by atoms with Crippen LogP contribution in [0.2, 0.25) is 0 Å². The van der Waals surface area contributed by atoms with Crippen LogP contribution < -0.4 is 20.2 Å². The molecule has 1 saturated carbocycles. The average molecular weight is 385 g/mol. The van der Waals surface area contributed by atoms with E-state index >= 15 is 0 Å². The fourth-order valence-electron chi connectivity index (χ4n) is 4.49. The number of benzene rings is 1. The van der Waals surface area contributed by atoms with E-state index in [4.69, 9.17) is 24.7 Å². The minimum atomic E-state index is -1.50. The first kappa shape index (κ1) is 19.9. The molecule has 0 bridgehead atoms. The van der Waals surface area contributed by atoms with Gasteiger partial charge in [-0.2, -0.15) is 10.5 Å². The van der Waals surface area contributed by atoms with Gasteiger partial charge in [0, 0.05) is 5.92 Å². The summed E-state index contributed by atoms with van der Waals surface area (Å²) >= 11 is 0. The molecule has 3 rings (SSSR count). The van der Waals surface area contributed by atoms with Crippen LogP contribution in [0.5, 0.6) is 11.5 Å². The Morgan fingerprint density at radius 3 is 2.25 bits per heavy atom. The summed E-state index contributed by atoms with van der Waals surface area (Å²) in [6.07, 6.45) is 0. The normalized spacial score (nSPS) is 29.2. The van der Waals surface area contributed by atoms with Crippen LogP contribution in [-0.4, -0.2) is 38.7 Å². The fraction of sp³-hybridized carbons (Fsp3) is 0.550. The lowest BCUT2D eigenvalue weighted by Crippen LogP contribution is -2.91. The number of hydrogen-bond acceptors (Lipinski definition) is 7. The molecule has 8 nitrogen and oxygen atoms in total. The Hall–Kier alpha value is -2.81. The molecule has 3 atom stereocenters. The second-order valence-corrected chi connectivity index (χ2v) is 6.64. The first-order valence-corrected chi connectivity index (χ1v) is 9.30. The lowest BCUT2D eigenvalue weighted by molar-refractivity contribution is -0.693. The number of nitrogens with two attached hydrogens (primary N) is 1. The molecule has 0 radical (unpaired) electrons. The number of ether oxygens (including phenoxy) is 4. The smallest absolute Gasteiger partial charge is 0.343 e. The van der Waals surface area contributed by atoms with E-state index < -0.39 is 22.7 Å². The number of rotatable bonds is 8. The van der Waals surface area contributed by atoms with Gasteiger partial charge in [-0.05, 0) is 38.5 Å². The van der Waals surface area contributed by atoms with Gasteiger partial charge in [0.25, 0.3) is 5.84 Å². The minimum absolute atomic E-state index is 0.177.